The van der Waals surface area contributed by atoms with Crippen molar-refractivity contribution in [1.29, 1.82) is 0 Å². The minimum absolute atomic E-state index is 0.0868. The highest BCUT2D eigenvalue weighted by molar-refractivity contribution is 5.95. The number of pyridine rings is 1. The van der Waals surface area contributed by atoms with Crippen molar-refractivity contribution >= 4 is 22.6 Å². The number of rotatable bonds is 5. The second-order valence-corrected chi connectivity index (χ2v) is 6.68. The molecule has 3 aromatic carbocycles. The Morgan fingerprint density at radius 1 is 1.00 bits per heavy atom. The Morgan fingerprint density at radius 3 is 2.59 bits per heavy atom. The van der Waals surface area contributed by atoms with E-state index in [0.717, 1.165) is 33.4 Å². The molecule has 0 saturated heterocycles. The van der Waals surface area contributed by atoms with Crippen LogP contribution in [-0.2, 0) is 4.74 Å². The minimum atomic E-state index is -0.407. The lowest BCUT2D eigenvalue weighted by Crippen LogP contribution is -2.13. The molecule has 0 fully saturated rings. The summed E-state index contributed by atoms with van der Waals surface area (Å²) in [5.41, 5.74) is 4.80. The highest BCUT2D eigenvalue weighted by Gasteiger charge is 2.09. The Bertz CT molecular complexity index is 1170. The molecule has 0 saturated carbocycles. The van der Waals surface area contributed by atoms with E-state index in [9.17, 15) is 9.18 Å². The first kappa shape index (κ1) is 18.6. The van der Waals surface area contributed by atoms with E-state index in [4.69, 9.17) is 4.74 Å². The number of esters is 1. The minimum Gasteiger partial charge on any atom is -0.441 e. The van der Waals surface area contributed by atoms with Crippen LogP contribution in [0.1, 0.15) is 15.9 Å². The molecule has 0 unspecified atom stereocenters. The van der Waals surface area contributed by atoms with Crippen molar-refractivity contribution in [3.8, 4) is 11.3 Å². The zero-order valence-corrected chi connectivity index (χ0v) is 15.9. The van der Waals surface area contributed by atoms with Crippen molar-refractivity contribution in [1.82, 2.24) is 4.98 Å². The first-order valence-corrected chi connectivity index (χ1v) is 9.23. The highest BCUT2D eigenvalue weighted by atomic mass is 19.1. The number of ether oxygens (including phenoxy) is 1. The van der Waals surface area contributed by atoms with Gasteiger partial charge < -0.3 is 10.1 Å². The second-order valence-electron chi connectivity index (χ2n) is 6.68. The first-order chi connectivity index (χ1) is 14.1. The molecule has 0 radical (unpaired) electrons. The van der Waals surface area contributed by atoms with Crippen LogP contribution in [0.15, 0.2) is 78.9 Å². The molecule has 29 heavy (non-hydrogen) atoms. The molecule has 1 N–H and O–H groups in total. The van der Waals surface area contributed by atoms with E-state index in [1.165, 1.54) is 12.1 Å². The number of nitrogens with one attached hydrogen (secondary N) is 1. The predicted octanol–water partition coefficient (Wildman–Crippen LogP) is 5.58. The first-order valence-electron chi connectivity index (χ1n) is 9.23. The number of carbonyl (C=O) groups excluding carboxylic acids is 1. The largest absolute Gasteiger partial charge is 0.441 e. The van der Waals surface area contributed by atoms with Gasteiger partial charge in [0.15, 0.2) is 6.73 Å². The van der Waals surface area contributed by atoms with Gasteiger partial charge >= 0.3 is 5.97 Å². The number of aryl methyl sites for hydroxylation is 1. The van der Waals surface area contributed by atoms with E-state index < -0.39 is 5.97 Å². The molecule has 1 heterocycles. The van der Waals surface area contributed by atoms with Gasteiger partial charge in [0, 0.05) is 16.6 Å². The molecule has 0 aliphatic rings. The third-order valence-electron chi connectivity index (χ3n) is 4.68. The Morgan fingerprint density at radius 2 is 1.79 bits per heavy atom. The second kappa shape index (κ2) is 8.10. The molecule has 0 amide bonds. The molecule has 5 heteroatoms. The predicted molar refractivity (Wildman–Crippen MR) is 112 cm³/mol. The zero-order valence-electron chi connectivity index (χ0n) is 15.9. The number of hydrogen-bond acceptors (Lipinski definition) is 4. The number of fused-ring (bicyclic) bond motifs is 1. The summed E-state index contributed by atoms with van der Waals surface area (Å²) in [5, 5.41) is 3.93. The van der Waals surface area contributed by atoms with Gasteiger partial charge in [-0.1, -0.05) is 24.3 Å². The van der Waals surface area contributed by atoms with Crippen molar-refractivity contribution in [2.75, 3.05) is 12.0 Å². The van der Waals surface area contributed by atoms with Gasteiger partial charge in [-0.2, -0.15) is 0 Å². The maximum Gasteiger partial charge on any atom is 0.339 e. The Kier molecular flexibility index (Phi) is 5.20. The molecular weight excluding hydrogens is 367 g/mol. The van der Waals surface area contributed by atoms with Crippen molar-refractivity contribution in [3.63, 3.8) is 0 Å². The van der Waals surface area contributed by atoms with Gasteiger partial charge in [0.2, 0.25) is 0 Å². The maximum absolute atomic E-state index is 13.1. The Labute approximate surface area is 168 Å². The highest BCUT2D eigenvalue weighted by Crippen LogP contribution is 2.22. The monoisotopic (exact) mass is 386 g/mol. The Hall–Kier alpha value is -3.73. The number of hydrogen-bond donors (Lipinski definition) is 1. The fourth-order valence-electron chi connectivity index (χ4n) is 3.07. The van der Waals surface area contributed by atoms with Gasteiger partial charge in [-0.3, -0.25) is 0 Å². The number of aromatic nitrogens is 1. The molecule has 4 nitrogen and oxygen atoms in total. The van der Waals surface area contributed by atoms with Crippen LogP contribution < -0.4 is 5.32 Å². The van der Waals surface area contributed by atoms with Crippen molar-refractivity contribution in [2.24, 2.45) is 0 Å². The lowest BCUT2D eigenvalue weighted by Gasteiger charge is -2.10. The summed E-state index contributed by atoms with van der Waals surface area (Å²) >= 11 is 0. The molecule has 0 aliphatic carbocycles. The van der Waals surface area contributed by atoms with E-state index in [1.54, 1.807) is 30.3 Å². The molecule has 0 spiro atoms. The van der Waals surface area contributed by atoms with Gasteiger partial charge in [-0.25, -0.2) is 14.2 Å². The third kappa shape index (κ3) is 4.24. The van der Waals surface area contributed by atoms with Gasteiger partial charge in [-0.15, -0.1) is 0 Å². The van der Waals surface area contributed by atoms with Crippen molar-refractivity contribution in [3.05, 3.63) is 95.8 Å². The van der Waals surface area contributed by atoms with E-state index in [1.807, 2.05) is 43.3 Å². The molecule has 0 bridgehead atoms. The zero-order chi connectivity index (χ0) is 20.2. The topological polar surface area (TPSA) is 51.2 Å². The van der Waals surface area contributed by atoms with Crippen LogP contribution in [0.25, 0.3) is 22.2 Å². The molecular formula is C24H19FN2O2. The van der Waals surface area contributed by atoms with Gasteiger partial charge in [-0.05, 0) is 67.1 Å². The fourth-order valence-corrected chi connectivity index (χ4v) is 3.07. The summed E-state index contributed by atoms with van der Waals surface area (Å²) < 4.78 is 18.4. The molecule has 4 rings (SSSR count). The number of para-hydroxylation sites is 1. The quantitative estimate of drug-likeness (QED) is 0.360. The van der Waals surface area contributed by atoms with Crippen LogP contribution in [-0.4, -0.2) is 17.7 Å². The van der Waals surface area contributed by atoms with Crippen LogP contribution >= 0.6 is 0 Å². The summed E-state index contributed by atoms with van der Waals surface area (Å²) in [6.45, 7) is 2.07. The SMILES string of the molecule is Cc1ccccc1NCOC(=O)c1ccc2nc(-c3ccc(F)cc3)ccc2c1. The number of anilines is 1. The number of benzene rings is 3. The lowest BCUT2D eigenvalue weighted by molar-refractivity contribution is 0.0534. The Balaban J connectivity index is 1.47. The van der Waals surface area contributed by atoms with Gasteiger partial charge in [0.05, 0.1) is 16.8 Å². The smallest absolute Gasteiger partial charge is 0.339 e. The van der Waals surface area contributed by atoms with Crippen LogP contribution in [0, 0.1) is 12.7 Å². The standard InChI is InChI=1S/C24H19FN2O2/c1-16-4-2-3-5-21(16)26-15-29-24(28)19-9-13-23-18(14-19)8-12-22(27-23)17-6-10-20(25)11-7-17/h2-14,26H,15H2,1H3. The van der Waals surface area contributed by atoms with E-state index in [2.05, 4.69) is 10.3 Å². The average molecular weight is 386 g/mol. The fraction of sp³-hybridized carbons (Fsp3) is 0.0833. The number of nitrogens with zero attached hydrogens (tertiary/aromatic N) is 1. The summed E-state index contributed by atoms with van der Waals surface area (Å²) in [4.78, 5) is 17.0. The summed E-state index contributed by atoms with van der Waals surface area (Å²) in [6, 6.07) is 23.0. The summed E-state index contributed by atoms with van der Waals surface area (Å²) in [7, 11) is 0. The van der Waals surface area contributed by atoms with E-state index >= 15 is 0 Å². The third-order valence-corrected chi connectivity index (χ3v) is 4.68. The molecule has 1 aromatic heterocycles. The summed E-state index contributed by atoms with van der Waals surface area (Å²) in [5.74, 6) is -0.690. The molecule has 4 aromatic rings. The van der Waals surface area contributed by atoms with E-state index in [-0.39, 0.29) is 12.5 Å². The van der Waals surface area contributed by atoms with Gasteiger partial charge in [0.1, 0.15) is 5.82 Å². The van der Waals surface area contributed by atoms with Crippen LogP contribution in [0.3, 0.4) is 0 Å². The normalized spacial score (nSPS) is 10.7. The van der Waals surface area contributed by atoms with Gasteiger partial charge in [0.25, 0.3) is 0 Å². The van der Waals surface area contributed by atoms with Crippen molar-refractivity contribution in [2.45, 2.75) is 6.92 Å². The van der Waals surface area contributed by atoms with Crippen LogP contribution in [0.4, 0.5) is 10.1 Å². The lowest BCUT2D eigenvalue weighted by atomic mass is 10.1. The maximum atomic E-state index is 13.1. The average Bonchev–Trinajstić information content (AvgIpc) is 2.75. The molecule has 0 atom stereocenters. The molecule has 144 valence electrons. The summed E-state index contributed by atoms with van der Waals surface area (Å²) in [6.07, 6.45) is 0. The molecule has 0 aliphatic heterocycles. The van der Waals surface area contributed by atoms with Crippen LogP contribution in [0.2, 0.25) is 0 Å². The van der Waals surface area contributed by atoms with Crippen LogP contribution in [0.5, 0.6) is 0 Å². The number of carbonyl (C=O) groups is 1. The number of halogens is 1. The van der Waals surface area contributed by atoms with E-state index in [0.29, 0.717) is 5.56 Å². The van der Waals surface area contributed by atoms with Crippen molar-refractivity contribution < 1.29 is 13.9 Å².